The predicted octanol–water partition coefficient (Wildman–Crippen LogP) is -2.66. The topological polar surface area (TPSA) is 131 Å². The normalized spacial score (nSPS) is 44.4. The first kappa shape index (κ1) is 14.6. The Hall–Kier alpha value is -0.770. The van der Waals surface area contributed by atoms with Crippen LogP contribution in [0.2, 0.25) is 0 Å². The summed E-state index contributed by atoms with van der Waals surface area (Å²) < 4.78 is 5.01. The minimum absolute atomic E-state index is 0.227. The maximum Gasteiger partial charge on any atom is 0.320 e. The van der Waals surface area contributed by atoms with E-state index in [-0.39, 0.29) is 13.2 Å². The maximum atomic E-state index is 11.0. The molecule has 5 N–H and O–H groups in total. The standard InChI is InChI=1S/C11H19NO7/c13-7-4-19-11(18,9(15)8(7)14)5-12-3-1-2-6(12)10(16)17/h6-9,13-15,18H,1-5H2,(H,16,17)/t6-,7-,8?,9?,11+/m0/s1. The van der Waals surface area contributed by atoms with Crippen LogP contribution in [0.4, 0.5) is 0 Å². The summed E-state index contributed by atoms with van der Waals surface area (Å²) in [5.41, 5.74) is 0. The fraction of sp³-hybridized carbons (Fsp3) is 0.909. The van der Waals surface area contributed by atoms with Gasteiger partial charge in [-0.15, -0.1) is 0 Å². The molecule has 8 nitrogen and oxygen atoms in total. The highest BCUT2D eigenvalue weighted by Crippen LogP contribution is 2.28. The Morgan fingerprint density at radius 2 is 2.05 bits per heavy atom. The Labute approximate surface area is 109 Å². The second-order valence-corrected chi connectivity index (χ2v) is 5.13. The van der Waals surface area contributed by atoms with E-state index in [2.05, 4.69) is 0 Å². The first-order chi connectivity index (χ1) is 8.85. The van der Waals surface area contributed by atoms with Crippen LogP contribution < -0.4 is 0 Å². The van der Waals surface area contributed by atoms with E-state index in [1.165, 1.54) is 4.90 Å². The first-order valence-electron chi connectivity index (χ1n) is 6.22. The Bertz CT molecular complexity index is 352. The van der Waals surface area contributed by atoms with Gasteiger partial charge in [0, 0.05) is 0 Å². The third kappa shape index (κ3) is 2.73. The summed E-state index contributed by atoms with van der Waals surface area (Å²) in [4.78, 5) is 12.5. The van der Waals surface area contributed by atoms with Crippen molar-refractivity contribution in [3.63, 3.8) is 0 Å². The molecule has 0 amide bonds. The Balaban J connectivity index is 2.06. The largest absolute Gasteiger partial charge is 0.480 e. The predicted molar refractivity (Wildman–Crippen MR) is 61.2 cm³/mol. The number of carboxylic acid groups (broad SMARTS) is 1. The van der Waals surface area contributed by atoms with Gasteiger partial charge >= 0.3 is 5.97 Å². The molecule has 0 bridgehead atoms. The molecule has 2 fully saturated rings. The van der Waals surface area contributed by atoms with E-state index < -0.39 is 36.1 Å². The van der Waals surface area contributed by atoms with Crippen molar-refractivity contribution in [1.29, 1.82) is 0 Å². The zero-order valence-corrected chi connectivity index (χ0v) is 10.3. The molecule has 0 aromatic carbocycles. The molecular weight excluding hydrogens is 258 g/mol. The molecule has 2 saturated heterocycles. The Morgan fingerprint density at radius 3 is 2.68 bits per heavy atom. The molecule has 2 unspecified atom stereocenters. The number of aliphatic hydroxyl groups is 4. The smallest absolute Gasteiger partial charge is 0.320 e. The number of carbonyl (C=O) groups is 1. The summed E-state index contributed by atoms with van der Waals surface area (Å²) in [5.74, 6) is -3.07. The van der Waals surface area contributed by atoms with Gasteiger partial charge in [0.1, 0.15) is 24.4 Å². The van der Waals surface area contributed by atoms with Crippen LogP contribution in [0.15, 0.2) is 0 Å². The number of ether oxygens (including phenoxy) is 1. The summed E-state index contributed by atoms with van der Waals surface area (Å²) in [7, 11) is 0. The van der Waals surface area contributed by atoms with E-state index >= 15 is 0 Å². The first-order valence-corrected chi connectivity index (χ1v) is 6.22. The van der Waals surface area contributed by atoms with Crippen molar-refractivity contribution < 1.29 is 35.1 Å². The summed E-state index contributed by atoms with van der Waals surface area (Å²) in [5, 5.41) is 47.9. The molecule has 0 aromatic heterocycles. The molecule has 0 spiro atoms. The van der Waals surface area contributed by atoms with E-state index in [1.807, 2.05) is 0 Å². The molecule has 5 atom stereocenters. The number of β-amino-alcohol motifs (C(OH)–C–C–N with tert-alkyl or cyclic N) is 1. The van der Waals surface area contributed by atoms with Gasteiger partial charge in [0.05, 0.1) is 13.2 Å². The van der Waals surface area contributed by atoms with Crippen molar-refractivity contribution in [3.8, 4) is 0 Å². The molecular formula is C11H19NO7. The third-order valence-electron chi connectivity index (χ3n) is 3.76. The number of carboxylic acids is 1. The van der Waals surface area contributed by atoms with E-state index in [1.54, 1.807) is 0 Å². The fourth-order valence-corrected chi connectivity index (χ4v) is 2.62. The molecule has 2 rings (SSSR count). The minimum Gasteiger partial charge on any atom is -0.480 e. The number of likely N-dealkylation sites (tertiary alicyclic amines) is 1. The van der Waals surface area contributed by atoms with Crippen LogP contribution in [-0.4, -0.2) is 86.2 Å². The molecule has 0 aromatic rings. The van der Waals surface area contributed by atoms with Gasteiger partial charge in [-0.2, -0.15) is 0 Å². The van der Waals surface area contributed by atoms with E-state index in [0.717, 1.165) is 0 Å². The van der Waals surface area contributed by atoms with Crippen molar-refractivity contribution in [3.05, 3.63) is 0 Å². The quantitative estimate of drug-likeness (QED) is 0.378. The van der Waals surface area contributed by atoms with Crippen molar-refractivity contribution in [1.82, 2.24) is 4.90 Å². The Morgan fingerprint density at radius 1 is 1.37 bits per heavy atom. The molecule has 0 saturated carbocycles. The lowest BCUT2D eigenvalue weighted by molar-refractivity contribution is -0.325. The summed E-state index contributed by atoms with van der Waals surface area (Å²) in [6.45, 7) is -0.0801. The number of nitrogens with zero attached hydrogens (tertiary/aromatic N) is 1. The second kappa shape index (κ2) is 5.31. The SMILES string of the molecule is O=C(O)[C@@H]1CCCN1C[C@@]1(O)OC[C@H](O)C(O)C1O. The number of hydrogen-bond donors (Lipinski definition) is 5. The van der Waals surface area contributed by atoms with E-state index in [4.69, 9.17) is 9.84 Å². The molecule has 8 heteroatoms. The third-order valence-corrected chi connectivity index (χ3v) is 3.76. The highest BCUT2D eigenvalue weighted by Gasteiger charge is 2.50. The number of aliphatic carboxylic acids is 1. The van der Waals surface area contributed by atoms with Crippen molar-refractivity contribution in [2.75, 3.05) is 19.7 Å². The molecule has 2 heterocycles. The lowest BCUT2D eigenvalue weighted by Crippen LogP contribution is -2.65. The zero-order valence-electron chi connectivity index (χ0n) is 10.3. The van der Waals surface area contributed by atoms with Crippen LogP contribution in [0.3, 0.4) is 0 Å². The van der Waals surface area contributed by atoms with Gasteiger partial charge in [-0.1, -0.05) is 0 Å². The van der Waals surface area contributed by atoms with Crippen LogP contribution in [0.25, 0.3) is 0 Å². The monoisotopic (exact) mass is 277 g/mol. The van der Waals surface area contributed by atoms with Gasteiger partial charge in [-0.3, -0.25) is 9.69 Å². The van der Waals surface area contributed by atoms with Crippen LogP contribution in [0.5, 0.6) is 0 Å². The minimum atomic E-state index is -2.07. The van der Waals surface area contributed by atoms with Gasteiger partial charge < -0.3 is 30.3 Å². The molecule has 2 aliphatic heterocycles. The number of rotatable bonds is 3. The Kier molecular flexibility index (Phi) is 4.09. The molecule has 19 heavy (non-hydrogen) atoms. The lowest BCUT2D eigenvalue weighted by Gasteiger charge is -2.43. The molecule has 2 aliphatic rings. The number of hydrogen-bond acceptors (Lipinski definition) is 7. The highest BCUT2D eigenvalue weighted by molar-refractivity contribution is 5.73. The van der Waals surface area contributed by atoms with Crippen LogP contribution in [-0.2, 0) is 9.53 Å². The van der Waals surface area contributed by atoms with Crippen LogP contribution >= 0.6 is 0 Å². The van der Waals surface area contributed by atoms with Crippen molar-refractivity contribution in [2.24, 2.45) is 0 Å². The summed E-state index contributed by atoms with van der Waals surface area (Å²) in [6.07, 6.45) is -3.35. The van der Waals surface area contributed by atoms with Crippen LogP contribution in [0, 0.1) is 0 Å². The van der Waals surface area contributed by atoms with Gasteiger partial charge in [-0.05, 0) is 19.4 Å². The zero-order chi connectivity index (χ0) is 14.2. The molecule has 110 valence electrons. The average Bonchev–Trinajstić information content (AvgIpc) is 2.80. The van der Waals surface area contributed by atoms with Gasteiger partial charge in [-0.25, -0.2) is 0 Å². The van der Waals surface area contributed by atoms with Crippen molar-refractivity contribution in [2.45, 2.75) is 43.0 Å². The van der Waals surface area contributed by atoms with E-state index in [9.17, 15) is 25.2 Å². The fourth-order valence-electron chi connectivity index (χ4n) is 2.62. The van der Waals surface area contributed by atoms with Crippen LogP contribution in [0.1, 0.15) is 12.8 Å². The average molecular weight is 277 g/mol. The van der Waals surface area contributed by atoms with Crippen molar-refractivity contribution >= 4 is 5.97 Å². The number of aliphatic hydroxyl groups excluding tert-OH is 3. The molecule has 0 aliphatic carbocycles. The van der Waals surface area contributed by atoms with E-state index in [0.29, 0.717) is 19.4 Å². The summed E-state index contributed by atoms with van der Waals surface area (Å²) >= 11 is 0. The van der Waals surface area contributed by atoms with Gasteiger partial charge in [0.15, 0.2) is 0 Å². The second-order valence-electron chi connectivity index (χ2n) is 5.13. The maximum absolute atomic E-state index is 11.0. The summed E-state index contributed by atoms with van der Waals surface area (Å²) in [6, 6.07) is -0.733. The molecule has 0 radical (unpaired) electrons. The van der Waals surface area contributed by atoms with Gasteiger partial charge in [0.25, 0.3) is 0 Å². The highest BCUT2D eigenvalue weighted by atomic mass is 16.6. The van der Waals surface area contributed by atoms with Gasteiger partial charge in [0.2, 0.25) is 5.79 Å². The lowest BCUT2D eigenvalue weighted by atomic mass is 9.96.